The minimum atomic E-state index is 0.314. The fourth-order valence-corrected chi connectivity index (χ4v) is 1.81. The van der Waals surface area contributed by atoms with Crippen LogP contribution in [0.4, 0.5) is 0 Å². The summed E-state index contributed by atoms with van der Waals surface area (Å²) in [6.07, 6.45) is 10.1. The van der Waals surface area contributed by atoms with Crippen molar-refractivity contribution in [2.24, 2.45) is 0 Å². The molecule has 0 spiro atoms. The maximum absolute atomic E-state index is 5.51. The van der Waals surface area contributed by atoms with Gasteiger partial charge < -0.3 is 10.1 Å². The number of nitrogens with zero attached hydrogens (tertiary/aromatic N) is 1. The Kier molecular flexibility index (Phi) is 3.94. The number of nitrogens with one attached hydrogen (secondary N) is 1. The third-order valence-electron chi connectivity index (χ3n) is 2.88. The van der Waals surface area contributed by atoms with Gasteiger partial charge in [-0.25, -0.2) is 0 Å². The van der Waals surface area contributed by atoms with Crippen LogP contribution in [0.2, 0.25) is 0 Å². The van der Waals surface area contributed by atoms with Gasteiger partial charge in [-0.1, -0.05) is 0 Å². The van der Waals surface area contributed by atoms with Gasteiger partial charge in [0.2, 0.25) is 0 Å². The summed E-state index contributed by atoms with van der Waals surface area (Å²) in [6.45, 7) is 3.06. The Morgan fingerprint density at radius 3 is 3.00 bits per heavy atom. The van der Waals surface area contributed by atoms with Gasteiger partial charge in [-0.2, -0.15) is 0 Å². The summed E-state index contributed by atoms with van der Waals surface area (Å²) in [7, 11) is 0. The molecular formula is C13H18N2O. The number of allylic oxidation sites excluding steroid dienone is 1. The monoisotopic (exact) mass is 218 g/mol. The molecule has 0 bridgehead atoms. The first-order chi connectivity index (χ1) is 7.86. The van der Waals surface area contributed by atoms with E-state index in [0.29, 0.717) is 12.1 Å². The lowest BCUT2D eigenvalue weighted by Crippen LogP contribution is -2.31. The Morgan fingerprint density at radius 2 is 2.31 bits per heavy atom. The quantitative estimate of drug-likeness (QED) is 0.842. The van der Waals surface area contributed by atoms with Crippen molar-refractivity contribution in [3.8, 4) is 0 Å². The molecule has 1 aliphatic rings. The lowest BCUT2D eigenvalue weighted by molar-refractivity contribution is 0.120. The van der Waals surface area contributed by atoms with Gasteiger partial charge >= 0.3 is 0 Å². The van der Waals surface area contributed by atoms with Gasteiger partial charge in [0, 0.05) is 25.0 Å². The molecule has 2 atom stereocenters. The third-order valence-corrected chi connectivity index (χ3v) is 2.88. The molecular weight excluding hydrogens is 200 g/mol. The SMILES string of the molecule is C[C@H](NCC1CCC=CO1)c1ccncc1. The number of aromatic nitrogens is 1. The zero-order valence-corrected chi connectivity index (χ0v) is 9.60. The Bertz CT molecular complexity index is 337. The second-order valence-electron chi connectivity index (χ2n) is 4.12. The first-order valence-corrected chi connectivity index (χ1v) is 5.80. The zero-order chi connectivity index (χ0) is 11.2. The molecule has 2 rings (SSSR count). The van der Waals surface area contributed by atoms with E-state index in [1.54, 1.807) is 0 Å². The molecule has 0 radical (unpaired) electrons. The van der Waals surface area contributed by atoms with Crippen LogP contribution in [0.1, 0.15) is 31.4 Å². The molecule has 0 amide bonds. The Morgan fingerprint density at radius 1 is 1.50 bits per heavy atom. The van der Waals surface area contributed by atoms with Crippen molar-refractivity contribution < 1.29 is 4.74 Å². The summed E-state index contributed by atoms with van der Waals surface area (Å²) in [5.74, 6) is 0. The van der Waals surface area contributed by atoms with E-state index in [0.717, 1.165) is 19.4 Å². The molecule has 0 saturated carbocycles. The molecule has 0 saturated heterocycles. The van der Waals surface area contributed by atoms with Crippen molar-refractivity contribution in [2.75, 3.05) is 6.54 Å². The molecule has 1 N–H and O–H groups in total. The molecule has 0 fully saturated rings. The molecule has 0 aliphatic carbocycles. The molecule has 0 aromatic carbocycles. The number of hydrogen-bond donors (Lipinski definition) is 1. The number of hydrogen-bond acceptors (Lipinski definition) is 3. The minimum absolute atomic E-state index is 0.314. The van der Waals surface area contributed by atoms with E-state index in [1.807, 2.05) is 30.8 Å². The van der Waals surface area contributed by atoms with Crippen molar-refractivity contribution >= 4 is 0 Å². The van der Waals surface area contributed by atoms with Crippen molar-refractivity contribution in [3.05, 3.63) is 42.4 Å². The van der Waals surface area contributed by atoms with Crippen molar-refractivity contribution in [3.63, 3.8) is 0 Å². The summed E-state index contributed by atoms with van der Waals surface area (Å²) in [5, 5.41) is 3.48. The molecule has 86 valence electrons. The van der Waals surface area contributed by atoms with Gasteiger partial charge in [0.1, 0.15) is 6.10 Å². The van der Waals surface area contributed by atoms with E-state index < -0.39 is 0 Å². The topological polar surface area (TPSA) is 34.1 Å². The maximum Gasteiger partial charge on any atom is 0.110 e. The van der Waals surface area contributed by atoms with Crippen molar-refractivity contribution in [2.45, 2.75) is 31.9 Å². The first kappa shape index (κ1) is 11.1. The van der Waals surface area contributed by atoms with Crippen LogP contribution >= 0.6 is 0 Å². The lowest BCUT2D eigenvalue weighted by atomic mass is 10.1. The summed E-state index contributed by atoms with van der Waals surface area (Å²) in [4.78, 5) is 4.02. The Labute approximate surface area is 96.5 Å². The van der Waals surface area contributed by atoms with Gasteiger partial charge in [0.05, 0.1) is 6.26 Å². The Balaban J connectivity index is 1.79. The molecule has 1 aromatic heterocycles. The number of rotatable bonds is 4. The van der Waals surface area contributed by atoms with Crippen LogP contribution in [-0.4, -0.2) is 17.6 Å². The van der Waals surface area contributed by atoms with Crippen molar-refractivity contribution in [1.29, 1.82) is 0 Å². The summed E-state index contributed by atoms with van der Waals surface area (Å²) in [5.41, 5.74) is 1.27. The fourth-order valence-electron chi connectivity index (χ4n) is 1.81. The molecule has 2 heterocycles. The summed E-state index contributed by atoms with van der Waals surface area (Å²) < 4.78 is 5.51. The molecule has 16 heavy (non-hydrogen) atoms. The van der Waals surface area contributed by atoms with Crippen molar-refractivity contribution in [1.82, 2.24) is 10.3 Å². The maximum atomic E-state index is 5.51. The average molecular weight is 218 g/mol. The highest BCUT2D eigenvalue weighted by molar-refractivity contribution is 5.13. The van der Waals surface area contributed by atoms with Crippen LogP contribution in [0.5, 0.6) is 0 Å². The van der Waals surface area contributed by atoms with Crippen LogP contribution in [0.25, 0.3) is 0 Å². The summed E-state index contributed by atoms with van der Waals surface area (Å²) in [6, 6.07) is 4.43. The van der Waals surface area contributed by atoms with Gasteiger partial charge in [-0.15, -0.1) is 0 Å². The molecule has 3 nitrogen and oxygen atoms in total. The average Bonchev–Trinajstić information content (AvgIpc) is 2.38. The van der Waals surface area contributed by atoms with Gasteiger partial charge in [-0.3, -0.25) is 4.98 Å². The van der Waals surface area contributed by atoms with E-state index in [9.17, 15) is 0 Å². The highest BCUT2D eigenvalue weighted by atomic mass is 16.5. The predicted molar refractivity (Wildman–Crippen MR) is 63.9 cm³/mol. The first-order valence-electron chi connectivity index (χ1n) is 5.80. The van der Waals surface area contributed by atoms with E-state index >= 15 is 0 Å². The number of ether oxygens (including phenoxy) is 1. The third kappa shape index (κ3) is 3.07. The smallest absolute Gasteiger partial charge is 0.110 e. The van der Waals surface area contributed by atoms with E-state index in [2.05, 4.69) is 23.3 Å². The molecule has 1 aliphatic heterocycles. The summed E-state index contributed by atoms with van der Waals surface area (Å²) >= 11 is 0. The normalized spacial score (nSPS) is 21.4. The van der Waals surface area contributed by atoms with E-state index in [4.69, 9.17) is 4.74 Å². The second-order valence-corrected chi connectivity index (χ2v) is 4.12. The van der Waals surface area contributed by atoms with Gasteiger partial charge in [0.15, 0.2) is 0 Å². The molecule has 3 heteroatoms. The Hall–Kier alpha value is -1.35. The standard InChI is InChI=1S/C13H18N2O/c1-11(12-5-7-14-8-6-12)15-10-13-4-2-3-9-16-13/h3,5-9,11,13,15H,2,4,10H2,1H3/t11-,13?/m0/s1. The van der Waals surface area contributed by atoms with Crippen LogP contribution in [0, 0.1) is 0 Å². The lowest BCUT2D eigenvalue weighted by Gasteiger charge is -2.22. The molecule has 1 unspecified atom stereocenters. The van der Waals surface area contributed by atoms with E-state index in [-0.39, 0.29) is 0 Å². The van der Waals surface area contributed by atoms with Gasteiger partial charge in [0.25, 0.3) is 0 Å². The fraction of sp³-hybridized carbons (Fsp3) is 0.462. The van der Waals surface area contributed by atoms with Crippen LogP contribution in [0.3, 0.4) is 0 Å². The molecule has 1 aromatic rings. The van der Waals surface area contributed by atoms with E-state index in [1.165, 1.54) is 5.56 Å². The second kappa shape index (κ2) is 5.66. The largest absolute Gasteiger partial charge is 0.497 e. The zero-order valence-electron chi connectivity index (χ0n) is 9.60. The predicted octanol–water partition coefficient (Wildman–Crippen LogP) is 2.42. The van der Waals surface area contributed by atoms with Crippen LogP contribution in [0.15, 0.2) is 36.9 Å². The highest BCUT2D eigenvalue weighted by Gasteiger charge is 2.12. The van der Waals surface area contributed by atoms with Crippen LogP contribution in [-0.2, 0) is 4.74 Å². The number of pyridine rings is 1. The highest BCUT2D eigenvalue weighted by Crippen LogP contribution is 2.13. The van der Waals surface area contributed by atoms with Gasteiger partial charge in [-0.05, 0) is 43.5 Å². The van der Waals surface area contributed by atoms with Crippen LogP contribution < -0.4 is 5.32 Å². The minimum Gasteiger partial charge on any atom is -0.497 e.